The van der Waals surface area contributed by atoms with E-state index >= 15 is 0 Å². The minimum absolute atomic E-state index is 0.0662. The molecule has 2 heterocycles. The van der Waals surface area contributed by atoms with Crippen molar-refractivity contribution in [2.45, 2.75) is 43.9 Å². The Bertz CT molecular complexity index is 606. The van der Waals surface area contributed by atoms with Gasteiger partial charge in [0.2, 0.25) is 0 Å². The third-order valence-electron chi connectivity index (χ3n) is 5.02. The van der Waals surface area contributed by atoms with E-state index < -0.39 is 17.5 Å². The van der Waals surface area contributed by atoms with Crippen LogP contribution in [0.25, 0.3) is 0 Å². The topological polar surface area (TPSA) is 65.5 Å². The van der Waals surface area contributed by atoms with Gasteiger partial charge < -0.3 is 15.3 Å². The maximum atomic E-state index is 12.5. The standard InChI is InChI=1S/C16H20F3N3O2/c17-16(18,19)13-5-4-12(9-20-13)21-14(23)22-8-7-15(24)6-2-1-3-11(15)10-22/h4-5,9,11,24H,1-3,6-8,10H2,(H,21,23). The van der Waals surface area contributed by atoms with Gasteiger partial charge in [0.1, 0.15) is 5.69 Å². The number of likely N-dealkylation sites (tertiary alicyclic amines) is 1. The van der Waals surface area contributed by atoms with Gasteiger partial charge in [-0.15, -0.1) is 0 Å². The highest BCUT2D eigenvalue weighted by Gasteiger charge is 2.43. The Morgan fingerprint density at radius 1 is 1.33 bits per heavy atom. The highest BCUT2D eigenvalue weighted by molar-refractivity contribution is 5.89. The summed E-state index contributed by atoms with van der Waals surface area (Å²) in [7, 11) is 0. The van der Waals surface area contributed by atoms with Crippen LogP contribution in [-0.4, -0.2) is 39.7 Å². The summed E-state index contributed by atoms with van der Waals surface area (Å²) >= 11 is 0. The average molecular weight is 343 g/mol. The first kappa shape index (κ1) is 17.0. The summed E-state index contributed by atoms with van der Waals surface area (Å²) in [4.78, 5) is 17.3. The molecule has 1 saturated heterocycles. The molecule has 1 aliphatic heterocycles. The molecule has 24 heavy (non-hydrogen) atoms. The van der Waals surface area contributed by atoms with Crippen LogP contribution in [0.1, 0.15) is 37.8 Å². The first-order valence-corrected chi connectivity index (χ1v) is 8.09. The molecule has 1 aliphatic carbocycles. The maximum absolute atomic E-state index is 12.5. The molecular formula is C16H20F3N3O2. The van der Waals surface area contributed by atoms with E-state index in [4.69, 9.17) is 0 Å². The van der Waals surface area contributed by atoms with Crippen molar-refractivity contribution in [1.82, 2.24) is 9.88 Å². The molecule has 2 amide bonds. The normalized spacial score (nSPS) is 27.5. The Labute approximate surface area is 137 Å². The Morgan fingerprint density at radius 2 is 2.12 bits per heavy atom. The molecule has 2 N–H and O–H groups in total. The second-order valence-electron chi connectivity index (χ2n) is 6.60. The van der Waals surface area contributed by atoms with E-state index in [0.29, 0.717) is 19.5 Å². The smallest absolute Gasteiger partial charge is 0.389 e. The summed E-state index contributed by atoms with van der Waals surface area (Å²) in [5, 5.41) is 13.2. The Morgan fingerprint density at radius 3 is 2.79 bits per heavy atom. The number of nitrogens with one attached hydrogen (secondary N) is 1. The van der Waals surface area contributed by atoms with Crippen LogP contribution < -0.4 is 5.32 Å². The van der Waals surface area contributed by atoms with E-state index in [-0.39, 0.29) is 17.6 Å². The van der Waals surface area contributed by atoms with Crippen LogP contribution in [0.15, 0.2) is 18.3 Å². The monoisotopic (exact) mass is 343 g/mol. The number of urea groups is 1. The molecule has 2 atom stereocenters. The van der Waals surface area contributed by atoms with Crippen molar-refractivity contribution in [3.63, 3.8) is 0 Å². The van der Waals surface area contributed by atoms with Crippen LogP contribution in [-0.2, 0) is 6.18 Å². The van der Waals surface area contributed by atoms with Crippen LogP contribution in [0.2, 0.25) is 0 Å². The molecule has 3 rings (SSSR count). The third kappa shape index (κ3) is 3.48. The van der Waals surface area contributed by atoms with Gasteiger partial charge in [0.15, 0.2) is 0 Å². The quantitative estimate of drug-likeness (QED) is 0.823. The number of amides is 2. The molecule has 2 unspecified atom stereocenters. The Balaban J connectivity index is 1.61. The van der Waals surface area contributed by atoms with Crippen LogP contribution in [0, 0.1) is 5.92 Å². The van der Waals surface area contributed by atoms with Crippen molar-refractivity contribution >= 4 is 11.7 Å². The van der Waals surface area contributed by atoms with Crippen molar-refractivity contribution < 1.29 is 23.1 Å². The number of aromatic nitrogens is 1. The molecule has 132 valence electrons. The molecule has 1 aromatic rings. The number of hydrogen-bond donors (Lipinski definition) is 2. The minimum Gasteiger partial charge on any atom is -0.389 e. The van der Waals surface area contributed by atoms with Crippen molar-refractivity contribution in [3.8, 4) is 0 Å². The number of pyridine rings is 1. The van der Waals surface area contributed by atoms with Gasteiger partial charge in [-0.2, -0.15) is 13.2 Å². The molecule has 2 aliphatic rings. The summed E-state index contributed by atoms with van der Waals surface area (Å²) in [5.74, 6) is 0.0662. The summed E-state index contributed by atoms with van der Waals surface area (Å²) in [6.07, 6.45) is 0.762. The van der Waals surface area contributed by atoms with Gasteiger partial charge in [0.25, 0.3) is 0 Å². The lowest BCUT2D eigenvalue weighted by Crippen LogP contribution is -2.55. The number of alkyl halides is 3. The van der Waals surface area contributed by atoms with E-state index in [0.717, 1.165) is 37.9 Å². The predicted molar refractivity (Wildman–Crippen MR) is 81.4 cm³/mol. The molecule has 2 fully saturated rings. The zero-order valence-corrected chi connectivity index (χ0v) is 13.1. The number of carbonyl (C=O) groups excluding carboxylic acids is 1. The molecular weight excluding hydrogens is 323 g/mol. The molecule has 8 heteroatoms. The second kappa shape index (κ2) is 6.23. The molecule has 5 nitrogen and oxygen atoms in total. The van der Waals surface area contributed by atoms with Gasteiger partial charge in [-0.05, 0) is 31.4 Å². The van der Waals surface area contributed by atoms with Gasteiger partial charge in [-0.1, -0.05) is 12.8 Å². The van der Waals surface area contributed by atoms with Crippen molar-refractivity contribution in [2.75, 3.05) is 18.4 Å². The summed E-state index contributed by atoms with van der Waals surface area (Å²) in [6, 6.07) is 1.66. The van der Waals surface area contributed by atoms with Gasteiger partial charge in [-0.3, -0.25) is 0 Å². The van der Waals surface area contributed by atoms with Crippen molar-refractivity contribution in [2.24, 2.45) is 5.92 Å². The number of hydrogen-bond acceptors (Lipinski definition) is 3. The first-order valence-electron chi connectivity index (χ1n) is 8.09. The minimum atomic E-state index is -4.50. The fourth-order valence-corrected chi connectivity index (χ4v) is 3.59. The molecule has 0 bridgehead atoms. The lowest BCUT2D eigenvalue weighted by atomic mass is 9.71. The summed E-state index contributed by atoms with van der Waals surface area (Å²) in [5.41, 5.74) is -1.45. The molecule has 0 aromatic carbocycles. The van der Waals surface area contributed by atoms with E-state index in [1.807, 2.05) is 0 Å². The summed E-state index contributed by atoms with van der Waals surface area (Å²) in [6.45, 7) is 0.906. The molecule has 0 spiro atoms. The van der Waals surface area contributed by atoms with E-state index in [2.05, 4.69) is 10.3 Å². The van der Waals surface area contributed by atoms with Gasteiger partial charge in [0.05, 0.1) is 17.5 Å². The van der Waals surface area contributed by atoms with E-state index in [9.17, 15) is 23.1 Å². The lowest BCUT2D eigenvalue weighted by molar-refractivity contribution is -0.141. The number of rotatable bonds is 1. The molecule has 0 radical (unpaired) electrons. The van der Waals surface area contributed by atoms with Gasteiger partial charge in [0, 0.05) is 19.0 Å². The molecule has 1 saturated carbocycles. The predicted octanol–water partition coefficient (Wildman–Crippen LogP) is 3.26. The number of carbonyl (C=O) groups is 1. The number of nitrogens with zero attached hydrogens (tertiary/aromatic N) is 2. The number of piperidine rings is 1. The summed E-state index contributed by atoms with van der Waals surface area (Å²) < 4.78 is 37.5. The van der Waals surface area contributed by atoms with Crippen molar-refractivity contribution in [1.29, 1.82) is 0 Å². The zero-order chi connectivity index (χ0) is 17.4. The SMILES string of the molecule is O=C(Nc1ccc(C(F)(F)F)nc1)N1CCC2(O)CCCCC2C1. The number of aliphatic hydroxyl groups is 1. The first-order chi connectivity index (χ1) is 11.3. The number of anilines is 1. The Hall–Kier alpha value is -1.83. The third-order valence-corrected chi connectivity index (χ3v) is 5.02. The lowest BCUT2D eigenvalue weighted by Gasteiger charge is -2.47. The molecule has 1 aromatic heterocycles. The number of fused-ring (bicyclic) bond motifs is 1. The van der Waals surface area contributed by atoms with Crippen LogP contribution >= 0.6 is 0 Å². The average Bonchev–Trinajstić information content (AvgIpc) is 2.53. The fourth-order valence-electron chi connectivity index (χ4n) is 3.59. The van der Waals surface area contributed by atoms with Gasteiger partial charge in [-0.25, -0.2) is 9.78 Å². The largest absolute Gasteiger partial charge is 0.433 e. The second-order valence-corrected chi connectivity index (χ2v) is 6.60. The maximum Gasteiger partial charge on any atom is 0.433 e. The van der Waals surface area contributed by atoms with Crippen molar-refractivity contribution in [3.05, 3.63) is 24.0 Å². The number of halogens is 3. The van der Waals surface area contributed by atoms with E-state index in [1.165, 1.54) is 6.07 Å². The highest BCUT2D eigenvalue weighted by Crippen LogP contribution is 2.39. The highest BCUT2D eigenvalue weighted by atomic mass is 19.4. The van der Waals surface area contributed by atoms with Crippen LogP contribution in [0.5, 0.6) is 0 Å². The zero-order valence-electron chi connectivity index (χ0n) is 13.1. The van der Waals surface area contributed by atoms with Crippen LogP contribution in [0.4, 0.5) is 23.7 Å². The fraction of sp³-hybridized carbons (Fsp3) is 0.625. The Kier molecular flexibility index (Phi) is 4.42. The van der Waals surface area contributed by atoms with Gasteiger partial charge >= 0.3 is 12.2 Å². The van der Waals surface area contributed by atoms with Crippen LogP contribution in [0.3, 0.4) is 0 Å². The van der Waals surface area contributed by atoms with E-state index in [1.54, 1.807) is 4.90 Å².